The van der Waals surface area contributed by atoms with E-state index in [4.69, 9.17) is 4.74 Å². The number of hydrogen-bond donors (Lipinski definition) is 4. The molecular formula is C19H22N4O6S. The second-order valence-electron chi connectivity index (χ2n) is 6.49. The van der Waals surface area contributed by atoms with E-state index >= 15 is 0 Å². The van der Waals surface area contributed by atoms with Crippen LogP contribution < -0.4 is 25.6 Å². The highest BCUT2D eigenvalue weighted by Gasteiger charge is 2.42. The minimum Gasteiger partial charge on any atom is -0.497 e. The predicted octanol–water partition coefficient (Wildman–Crippen LogP) is 0.912. The molecule has 2 aromatic carbocycles. The Morgan fingerprint density at radius 1 is 1.07 bits per heavy atom. The lowest BCUT2D eigenvalue weighted by Gasteiger charge is -2.19. The zero-order valence-corrected chi connectivity index (χ0v) is 17.2. The first kappa shape index (κ1) is 21.6. The summed E-state index contributed by atoms with van der Waals surface area (Å²) in [6.45, 7) is 0.108. The summed E-state index contributed by atoms with van der Waals surface area (Å²) in [6, 6.07) is 12.6. The minimum atomic E-state index is -3.94. The number of methoxy groups -OCH3 is 2. The van der Waals surface area contributed by atoms with E-state index in [1.54, 1.807) is 42.5 Å². The molecule has 160 valence electrons. The third-order valence-electron chi connectivity index (χ3n) is 4.50. The molecule has 1 aliphatic rings. The van der Waals surface area contributed by atoms with Gasteiger partial charge in [-0.25, -0.2) is 18.6 Å². The lowest BCUT2D eigenvalue weighted by Crippen LogP contribution is -2.45. The molecule has 0 spiro atoms. The van der Waals surface area contributed by atoms with Gasteiger partial charge in [0.25, 0.3) is 10.0 Å². The normalized spacial score (nSPS) is 18.5. The fraction of sp³-hybridized carbons (Fsp3) is 0.263. The minimum absolute atomic E-state index is 0.108. The first-order valence-electron chi connectivity index (χ1n) is 8.97. The molecule has 0 bridgehead atoms. The molecule has 1 amide bonds. The number of amides is 1. The number of benzene rings is 2. The van der Waals surface area contributed by atoms with Gasteiger partial charge in [0.15, 0.2) is 5.37 Å². The van der Waals surface area contributed by atoms with Gasteiger partial charge in [0, 0.05) is 17.9 Å². The fourth-order valence-electron chi connectivity index (χ4n) is 2.96. The number of hydrogen-bond acceptors (Lipinski definition) is 8. The van der Waals surface area contributed by atoms with E-state index in [0.717, 1.165) is 0 Å². The topological polar surface area (TPSA) is 135 Å². The van der Waals surface area contributed by atoms with Crippen molar-refractivity contribution in [2.24, 2.45) is 5.92 Å². The van der Waals surface area contributed by atoms with E-state index in [-0.39, 0.29) is 12.1 Å². The highest BCUT2D eigenvalue weighted by atomic mass is 32.2. The number of ether oxygens (including phenoxy) is 2. The van der Waals surface area contributed by atoms with Crippen LogP contribution in [0.1, 0.15) is 10.4 Å². The lowest BCUT2D eigenvalue weighted by molar-refractivity contribution is -0.119. The van der Waals surface area contributed by atoms with E-state index in [1.807, 2.05) is 0 Å². The lowest BCUT2D eigenvalue weighted by atomic mass is 10.1. The zero-order chi connectivity index (χ0) is 21.7. The maximum atomic E-state index is 12.8. The van der Waals surface area contributed by atoms with E-state index in [1.165, 1.54) is 20.3 Å². The first-order chi connectivity index (χ1) is 14.3. The van der Waals surface area contributed by atoms with Crippen molar-refractivity contribution >= 4 is 33.3 Å². The predicted molar refractivity (Wildman–Crippen MR) is 110 cm³/mol. The summed E-state index contributed by atoms with van der Waals surface area (Å²) < 4.78 is 37.8. The molecule has 4 N–H and O–H groups in total. The van der Waals surface area contributed by atoms with Gasteiger partial charge in [-0.2, -0.15) is 0 Å². The molecule has 2 unspecified atom stereocenters. The maximum Gasteiger partial charge on any atom is 0.337 e. The number of sulfonamides is 1. The van der Waals surface area contributed by atoms with Crippen molar-refractivity contribution < 1.29 is 27.5 Å². The molecule has 0 aliphatic carbocycles. The number of rotatable bonds is 7. The monoisotopic (exact) mass is 434 g/mol. The number of nitrogens with one attached hydrogen (secondary N) is 4. The van der Waals surface area contributed by atoms with E-state index in [0.29, 0.717) is 17.1 Å². The van der Waals surface area contributed by atoms with Crippen LogP contribution in [0.5, 0.6) is 5.75 Å². The Morgan fingerprint density at radius 2 is 1.80 bits per heavy atom. The quantitative estimate of drug-likeness (QED) is 0.473. The largest absolute Gasteiger partial charge is 0.497 e. The summed E-state index contributed by atoms with van der Waals surface area (Å²) >= 11 is 0. The van der Waals surface area contributed by atoms with Crippen molar-refractivity contribution in [3.05, 3.63) is 54.1 Å². The SMILES string of the molecule is COC(=O)c1cccc(NC(=O)C2CNNC2S(=O)(=O)Nc2ccc(OC)cc2)c1. The molecular weight excluding hydrogens is 412 g/mol. The second-order valence-corrected chi connectivity index (χ2v) is 8.29. The second kappa shape index (κ2) is 9.11. The molecule has 0 aromatic heterocycles. The van der Waals surface area contributed by atoms with Gasteiger partial charge in [0.1, 0.15) is 5.75 Å². The summed E-state index contributed by atoms with van der Waals surface area (Å²) in [5.74, 6) is -1.38. The van der Waals surface area contributed by atoms with Crippen LogP contribution >= 0.6 is 0 Å². The Kier molecular flexibility index (Phi) is 6.55. The van der Waals surface area contributed by atoms with Crippen molar-refractivity contribution in [1.82, 2.24) is 10.9 Å². The summed E-state index contributed by atoms with van der Waals surface area (Å²) in [6.07, 6.45) is 0. The van der Waals surface area contributed by atoms with Crippen molar-refractivity contribution in [3.63, 3.8) is 0 Å². The highest BCUT2D eigenvalue weighted by Crippen LogP contribution is 2.22. The molecule has 30 heavy (non-hydrogen) atoms. The van der Waals surface area contributed by atoms with Crippen LogP contribution in [0.3, 0.4) is 0 Å². The van der Waals surface area contributed by atoms with Crippen molar-refractivity contribution in [2.75, 3.05) is 30.8 Å². The van der Waals surface area contributed by atoms with Gasteiger partial charge in [0.2, 0.25) is 5.91 Å². The van der Waals surface area contributed by atoms with Gasteiger partial charge in [-0.15, -0.1) is 0 Å². The number of carbonyl (C=O) groups excluding carboxylic acids is 2. The van der Waals surface area contributed by atoms with Crippen LogP contribution in [0.15, 0.2) is 48.5 Å². The third-order valence-corrected chi connectivity index (χ3v) is 6.14. The summed E-state index contributed by atoms with van der Waals surface area (Å²) in [4.78, 5) is 24.4. The standard InChI is InChI=1S/C19H22N4O6S/c1-28-15-8-6-13(7-9-15)23-30(26,27)18-16(11-20-22-18)17(24)21-14-5-3-4-12(10-14)19(25)29-2/h3-10,16,18,20,22-23H,11H2,1-2H3,(H,21,24). The number of anilines is 2. The fourth-order valence-corrected chi connectivity index (χ4v) is 4.45. The summed E-state index contributed by atoms with van der Waals surface area (Å²) in [7, 11) is -1.17. The molecule has 2 atom stereocenters. The van der Waals surface area contributed by atoms with Gasteiger partial charge in [-0.3, -0.25) is 14.9 Å². The van der Waals surface area contributed by atoms with Gasteiger partial charge in [-0.05, 0) is 42.5 Å². The molecule has 0 radical (unpaired) electrons. The number of esters is 1. The molecule has 11 heteroatoms. The Labute approximate surface area is 174 Å². The number of hydrazine groups is 1. The summed E-state index contributed by atoms with van der Waals surface area (Å²) in [5, 5.41) is 1.44. The summed E-state index contributed by atoms with van der Waals surface area (Å²) in [5.41, 5.74) is 6.31. The molecule has 1 saturated heterocycles. The third kappa shape index (κ3) is 4.87. The van der Waals surface area contributed by atoms with Crippen LogP contribution in [0.2, 0.25) is 0 Å². The zero-order valence-electron chi connectivity index (χ0n) is 16.3. The first-order valence-corrected chi connectivity index (χ1v) is 10.5. The Balaban J connectivity index is 1.72. The average molecular weight is 434 g/mol. The molecule has 1 heterocycles. The van der Waals surface area contributed by atoms with E-state index < -0.39 is 33.2 Å². The van der Waals surface area contributed by atoms with Gasteiger partial charge in [-0.1, -0.05) is 6.07 Å². The van der Waals surface area contributed by atoms with Crippen molar-refractivity contribution in [3.8, 4) is 5.75 Å². The highest BCUT2D eigenvalue weighted by molar-refractivity contribution is 7.93. The molecule has 0 saturated carbocycles. The van der Waals surface area contributed by atoms with Crippen molar-refractivity contribution in [1.29, 1.82) is 0 Å². The van der Waals surface area contributed by atoms with Crippen LogP contribution in [0.4, 0.5) is 11.4 Å². The Morgan fingerprint density at radius 3 is 2.47 bits per heavy atom. The van der Waals surface area contributed by atoms with Crippen LogP contribution in [-0.2, 0) is 19.6 Å². The number of carbonyl (C=O) groups is 2. The van der Waals surface area contributed by atoms with E-state index in [2.05, 4.69) is 25.6 Å². The molecule has 10 nitrogen and oxygen atoms in total. The molecule has 1 fully saturated rings. The van der Waals surface area contributed by atoms with Crippen LogP contribution in [-0.4, -0.2) is 46.4 Å². The molecule has 2 aromatic rings. The Hall–Kier alpha value is -3.15. The van der Waals surface area contributed by atoms with Crippen LogP contribution in [0.25, 0.3) is 0 Å². The van der Waals surface area contributed by atoms with Gasteiger partial charge in [0.05, 0.1) is 25.7 Å². The average Bonchev–Trinajstić information content (AvgIpc) is 3.25. The smallest absolute Gasteiger partial charge is 0.337 e. The van der Waals surface area contributed by atoms with E-state index in [9.17, 15) is 18.0 Å². The Bertz CT molecular complexity index is 1030. The molecule has 3 rings (SSSR count). The van der Waals surface area contributed by atoms with Gasteiger partial charge < -0.3 is 14.8 Å². The van der Waals surface area contributed by atoms with Gasteiger partial charge >= 0.3 is 5.97 Å². The van der Waals surface area contributed by atoms with Crippen molar-refractivity contribution in [2.45, 2.75) is 5.37 Å². The van der Waals surface area contributed by atoms with Crippen LogP contribution in [0, 0.1) is 5.92 Å². The molecule has 1 aliphatic heterocycles. The maximum absolute atomic E-state index is 12.8.